The third kappa shape index (κ3) is 4.35. The maximum absolute atomic E-state index is 13.9. The van der Waals surface area contributed by atoms with Gasteiger partial charge in [0.15, 0.2) is 0 Å². The molecule has 3 nitrogen and oxygen atoms in total. The molecule has 0 atom stereocenters. The predicted molar refractivity (Wildman–Crippen MR) is 77.4 cm³/mol. The summed E-state index contributed by atoms with van der Waals surface area (Å²) in [6.07, 6.45) is 2.04. The molecule has 0 bridgehead atoms. The lowest BCUT2D eigenvalue weighted by atomic mass is 10.2. The molecule has 1 rings (SSSR count). The van der Waals surface area contributed by atoms with E-state index in [4.69, 9.17) is 0 Å². The van der Waals surface area contributed by atoms with E-state index >= 15 is 0 Å². The molecule has 108 valence electrons. The van der Waals surface area contributed by atoms with Crippen molar-refractivity contribution in [1.82, 2.24) is 0 Å². The van der Waals surface area contributed by atoms with E-state index in [1.165, 1.54) is 12.1 Å². The predicted octanol–water partition coefficient (Wildman–Crippen LogP) is 3.88. The van der Waals surface area contributed by atoms with E-state index in [2.05, 4.69) is 4.18 Å². The minimum Gasteiger partial charge on any atom is -0.265 e. The van der Waals surface area contributed by atoms with Crippen molar-refractivity contribution >= 4 is 32.7 Å². The van der Waals surface area contributed by atoms with Gasteiger partial charge in [-0.05, 0) is 41.1 Å². The molecule has 0 unspecified atom stereocenters. The van der Waals surface area contributed by atoms with Gasteiger partial charge in [-0.2, -0.15) is 17.2 Å². The maximum Gasteiger partial charge on any atom is 0.395 e. The topological polar surface area (TPSA) is 43.4 Å². The van der Waals surface area contributed by atoms with Crippen LogP contribution in [0.3, 0.4) is 0 Å². The van der Waals surface area contributed by atoms with E-state index in [-0.39, 0.29) is 6.61 Å². The van der Waals surface area contributed by atoms with Gasteiger partial charge in [-0.3, -0.25) is 4.18 Å². The SMILES string of the molecule is CCCCCOS(=O)(=O)C(F)(F)c1ccc(I)cc1. The van der Waals surface area contributed by atoms with Crippen LogP contribution in [0.2, 0.25) is 0 Å². The molecule has 0 saturated carbocycles. The molecule has 1 aromatic rings. The van der Waals surface area contributed by atoms with Crippen molar-refractivity contribution in [1.29, 1.82) is 0 Å². The van der Waals surface area contributed by atoms with E-state index < -0.39 is 20.9 Å². The van der Waals surface area contributed by atoms with Gasteiger partial charge in [0.1, 0.15) is 0 Å². The van der Waals surface area contributed by atoms with Gasteiger partial charge in [-0.15, -0.1) is 0 Å². The Hall–Kier alpha value is -0.280. The van der Waals surface area contributed by atoms with Crippen LogP contribution in [0.25, 0.3) is 0 Å². The minimum absolute atomic E-state index is 0.212. The third-order valence-corrected chi connectivity index (χ3v) is 4.54. The largest absolute Gasteiger partial charge is 0.395 e. The van der Waals surface area contributed by atoms with E-state index in [1.54, 1.807) is 0 Å². The Bertz CT molecular complexity index is 500. The smallest absolute Gasteiger partial charge is 0.265 e. The molecule has 0 aliphatic rings. The molecule has 0 aliphatic carbocycles. The van der Waals surface area contributed by atoms with Gasteiger partial charge in [0.2, 0.25) is 0 Å². The summed E-state index contributed by atoms with van der Waals surface area (Å²) in [5.74, 6) is 0. The zero-order valence-electron chi connectivity index (χ0n) is 10.4. The van der Waals surface area contributed by atoms with Crippen LogP contribution in [0.4, 0.5) is 8.78 Å². The van der Waals surface area contributed by atoms with Gasteiger partial charge in [-0.1, -0.05) is 31.9 Å². The Morgan fingerprint density at radius 1 is 1.21 bits per heavy atom. The van der Waals surface area contributed by atoms with Crippen LogP contribution in [0.1, 0.15) is 31.7 Å². The van der Waals surface area contributed by atoms with Crippen LogP contribution < -0.4 is 0 Å². The van der Waals surface area contributed by atoms with Crippen molar-refractivity contribution in [2.45, 2.75) is 31.4 Å². The molecular formula is C12H15F2IO3S. The third-order valence-electron chi connectivity index (χ3n) is 2.48. The summed E-state index contributed by atoms with van der Waals surface area (Å²) in [6.45, 7) is 1.71. The first-order chi connectivity index (χ1) is 8.81. The van der Waals surface area contributed by atoms with Crippen LogP contribution in [0.5, 0.6) is 0 Å². The lowest BCUT2D eigenvalue weighted by Gasteiger charge is -2.17. The molecule has 0 N–H and O–H groups in total. The van der Waals surface area contributed by atoms with Crippen LogP contribution in [-0.2, 0) is 19.6 Å². The zero-order chi connectivity index (χ0) is 14.5. The molecule has 0 aromatic heterocycles. The van der Waals surface area contributed by atoms with Crippen molar-refractivity contribution in [3.8, 4) is 0 Å². The first kappa shape index (κ1) is 16.8. The van der Waals surface area contributed by atoms with Crippen LogP contribution in [-0.4, -0.2) is 15.0 Å². The van der Waals surface area contributed by atoms with Gasteiger partial charge in [-0.25, -0.2) is 0 Å². The summed E-state index contributed by atoms with van der Waals surface area (Å²) in [6, 6.07) is 5.04. The van der Waals surface area contributed by atoms with Gasteiger partial charge >= 0.3 is 15.4 Å². The van der Waals surface area contributed by atoms with Crippen molar-refractivity contribution in [2.24, 2.45) is 0 Å². The highest BCUT2D eigenvalue weighted by molar-refractivity contribution is 14.1. The van der Waals surface area contributed by atoms with E-state index in [1.807, 2.05) is 29.5 Å². The van der Waals surface area contributed by atoms with Crippen LogP contribution >= 0.6 is 22.6 Å². The number of rotatable bonds is 7. The summed E-state index contributed by atoms with van der Waals surface area (Å²) < 4.78 is 55.9. The highest BCUT2D eigenvalue weighted by Crippen LogP contribution is 2.35. The van der Waals surface area contributed by atoms with E-state index in [9.17, 15) is 17.2 Å². The maximum atomic E-state index is 13.9. The van der Waals surface area contributed by atoms with Gasteiger partial charge in [0.25, 0.3) is 0 Å². The van der Waals surface area contributed by atoms with Crippen LogP contribution in [0.15, 0.2) is 24.3 Å². The monoisotopic (exact) mass is 404 g/mol. The summed E-state index contributed by atoms with van der Waals surface area (Å²) in [4.78, 5) is 0. The molecule has 0 spiro atoms. The Balaban J connectivity index is 2.82. The minimum atomic E-state index is -4.94. The second-order valence-corrected chi connectivity index (χ2v) is 6.91. The summed E-state index contributed by atoms with van der Waals surface area (Å²) in [5.41, 5.74) is -0.580. The average molecular weight is 404 g/mol. The number of unbranched alkanes of at least 4 members (excludes halogenated alkanes) is 2. The number of halogens is 3. The Labute approximate surface area is 125 Å². The van der Waals surface area contributed by atoms with Crippen molar-refractivity contribution in [3.63, 3.8) is 0 Å². The summed E-state index contributed by atoms with van der Waals surface area (Å²) >= 11 is 1.95. The number of benzene rings is 1. The quantitative estimate of drug-likeness (QED) is 0.394. The van der Waals surface area contributed by atoms with Crippen LogP contribution in [0, 0.1) is 3.57 Å². The first-order valence-corrected chi connectivity index (χ1v) is 8.33. The van der Waals surface area contributed by atoms with Crippen molar-refractivity contribution in [2.75, 3.05) is 6.61 Å². The Kier molecular flexibility index (Phi) is 6.13. The summed E-state index contributed by atoms with van der Waals surface area (Å²) in [7, 11) is -4.94. The molecule has 1 aromatic carbocycles. The Morgan fingerprint density at radius 3 is 2.32 bits per heavy atom. The van der Waals surface area contributed by atoms with Gasteiger partial charge < -0.3 is 0 Å². The highest BCUT2D eigenvalue weighted by Gasteiger charge is 2.48. The fourth-order valence-corrected chi connectivity index (χ4v) is 2.65. The lowest BCUT2D eigenvalue weighted by Crippen LogP contribution is -2.28. The van der Waals surface area contributed by atoms with Crippen molar-refractivity contribution < 1.29 is 21.4 Å². The molecule has 7 heteroatoms. The summed E-state index contributed by atoms with van der Waals surface area (Å²) in [5, 5.41) is -4.02. The molecule has 19 heavy (non-hydrogen) atoms. The molecule has 0 saturated heterocycles. The molecule has 0 heterocycles. The van der Waals surface area contributed by atoms with E-state index in [0.717, 1.165) is 28.5 Å². The second-order valence-electron chi connectivity index (χ2n) is 4.01. The average Bonchev–Trinajstić information content (AvgIpc) is 2.35. The fourth-order valence-electron chi connectivity index (χ4n) is 1.38. The normalized spacial score (nSPS) is 12.6. The molecule has 0 amide bonds. The van der Waals surface area contributed by atoms with E-state index in [0.29, 0.717) is 6.42 Å². The number of alkyl halides is 2. The molecule has 0 radical (unpaired) electrons. The standard InChI is InChI=1S/C12H15F2IO3S/c1-2-3-4-9-18-19(16,17)12(13,14)10-5-7-11(15)8-6-10/h5-8H,2-4,9H2,1H3. The first-order valence-electron chi connectivity index (χ1n) is 5.84. The number of hydrogen-bond acceptors (Lipinski definition) is 3. The molecular weight excluding hydrogens is 389 g/mol. The zero-order valence-corrected chi connectivity index (χ0v) is 13.4. The van der Waals surface area contributed by atoms with Crippen molar-refractivity contribution in [3.05, 3.63) is 33.4 Å². The highest BCUT2D eigenvalue weighted by atomic mass is 127. The molecule has 0 fully saturated rings. The second kappa shape index (κ2) is 6.94. The number of hydrogen-bond donors (Lipinski definition) is 0. The van der Waals surface area contributed by atoms with Gasteiger partial charge in [0.05, 0.1) is 6.61 Å². The molecule has 0 aliphatic heterocycles. The fraction of sp³-hybridized carbons (Fsp3) is 0.500. The Morgan fingerprint density at radius 2 is 1.79 bits per heavy atom. The van der Waals surface area contributed by atoms with Gasteiger partial charge in [0, 0.05) is 9.13 Å². The lowest BCUT2D eigenvalue weighted by molar-refractivity contribution is 0.0709.